The zero-order chi connectivity index (χ0) is 37.5. The number of anilines is 1. The van der Waals surface area contributed by atoms with Crippen LogP contribution >= 0.6 is 0 Å². The third-order valence-corrected chi connectivity index (χ3v) is 14.2. The van der Waals surface area contributed by atoms with Gasteiger partial charge in [-0.25, -0.2) is 8.42 Å². The first-order valence-electron chi connectivity index (χ1n) is 20.1. The van der Waals surface area contributed by atoms with E-state index in [4.69, 9.17) is 0 Å². The molecule has 0 radical (unpaired) electrons. The third-order valence-electron chi connectivity index (χ3n) is 12.1. The highest BCUT2D eigenvalue weighted by Gasteiger charge is 2.45. The summed E-state index contributed by atoms with van der Waals surface area (Å²) in [4.78, 5) is 3.48. The van der Waals surface area contributed by atoms with E-state index in [1.54, 1.807) is 12.1 Å². The third kappa shape index (κ3) is 6.34. The van der Waals surface area contributed by atoms with Crippen molar-refractivity contribution < 1.29 is 13.0 Å². The zero-order valence-electron chi connectivity index (χ0n) is 32.3. The van der Waals surface area contributed by atoms with E-state index in [0.29, 0.717) is 16.2 Å². The van der Waals surface area contributed by atoms with E-state index in [-0.39, 0.29) is 11.3 Å². The SMILES string of the molecule is CCCCN1/C(=C/CC2CCC(/C=C/C3=[N+](CCCC)c4ccc5ccccc5c4C3(C)C)=C2S(=O)(=O)c2ccccc2)Cc2c1ccc1ccccc21. The maximum atomic E-state index is 14.7. The van der Waals surface area contributed by atoms with Gasteiger partial charge in [-0.2, -0.15) is 4.58 Å². The number of sulfone groups is 1. The second kappa shape index (κ2) is 14.8. The predicted molar refractivity (Wildman–Crippen MR) is 227 cm³/mol. The van der Waals surface area contributed by atoms with Crippen LogP contribution in [-0.2, 0) is 21.7 Å². The summed E-state index contributed by atoms with van der Waals surface area (Å²) in [5, 5.41) is 5.13. The van der Waals surface area contributed by atoms with Gasteiger partial charge in [0.2, 0.25) is 15.5 Å². The average Bonchev–Trinajstić information content (AvgIpc) is 3.84. The highest BCUT2D eigenvalue weighted by Crippen LogP contribution is 2.46. The lowest BCUT2D eigenvalue weighted by Gasteiger charge is -2.22. The smallest absolute Gasteiger partial charge is 0.210 e. The molecule has 276 valence electrons. The summed E-state index contributed by atoms with van der Waals surface area (Å²) in [6.07, 6.45) is 14.4. The van der Waals surface area contributed by atoms with Gasteiger partial charge in [0.15, 0.2) is 5.71 Å². The first-order valence-corrected chi connectivity index (χ1v) is 21.6. The molecule has 0 aromatic heterocycles. The highest BCUT2D eigenvalue weighted by molar-refractivity contribution is 7.95. The molecule has 1 atom stereocenters. The van der Waals surface area contributed by atoms with Crippen molar-refractivity contribution in [3.05, 3.63) is 149 Å². The van der Waals surface area contributed by atoms with Gasteiger partial charge in [0, 0.05) is 48.5 Å². The number of hydrogen-bond acceptors (Lipinski definition) is 3. The Morgan fingerprint density at radius 2 is 1.48 bits per heavy atom. The second-order valence-corrected chi connectivity index (χ2v) is 17.8. The Morgan fingerprint density at radius 1 is 0.796 bits per heavy atom. The Morgan fingerprint density at radius 3 is 2.24 bits per heavy atom. The summed E-state index contributed by atoms with van der Waals surface area (Å²) < 4.78 is 31.9. The van der Waals surface area contributed by atoms with Gasteiger partial charge in [-0.15, -0.1) is 0 Å². The van der Waals surface area contributed by atoms with Crippen LogP contribution in [0.3, 0.4) is 0 Å². The summed E-state index contributed by atoms with van der Waals surface area (Å²) in [6, 6.07) is 35.5. The van der Waals surface area contributed by atoms with Gasteiger partial charge in [0.1, 0.15) is 6.54 Å². The van der Waals surface area contributed by atoms with Crippen LogP contribution in [-0.4, -0.2) is 31.8 Å². The number of fused-ring (bicyclic) bond motifs is 6. The molecule has 3 aliphatic rings. The van der Waals surface area contributed by atoms with Crippen LogP contribution in [0.2, 0.25) is 0 Å². The summed E-state index contributed by atoms with van der Waals surface area (Å²) >= 11 is 0. The van der Waals surface area contributed by atoms with Gasteiger partial charge in [-0.05, 0) is 102 Å². The summed E-state index contributed by atoms with van der Waals surface area (Å²) in [7, 11) is -3.71. The van der Waals surface area contributed by atoms with Gasteiger partial charge >= 0.3 is 0 Å². The molecule has 0 saturated carbocycles. The first kappa shape index (κ1) is 36.2. The molecular weight excluding hydrogens is 681 g/mol. The van der Waals surface area contributed by atoms with Crippen molar-refractivity contribution in [2.45, 2.75) is 89.4 Å². The van der Waals surface area contributed by atoms with Crippen LogP contribution in [0.25, 0.3) is 21.5 Å². The molecule has 5 aromatic carbocycles. The average molecular weight is 734 g/mol. The fourth-order valence-corrected chi connectivity index (χ4v) is 11.3. The topological polar surface area (TPSA) is 40.4 Å². The number of allylic oxidation sites excluding steroid dienone is 6. The molecule has 0 saturated heterocycles. The standard InChI is InChI=1S/C49H53N2O2S/c1-5-7-32-50-39(34-43-41-20-14-12-16-35(41)25-29-44(43)50)28-24-37-22-23-38(48(37)54(52,53)40-18-10-9-11-19-40)27-31-46-49(3,4)47-42-21-15-13-17-36(42)26-30-45(47)51(46)33-8-6-2/h9-21,25-31,37H,5-8,22-24,32-34H2,1-4H3/q+1/b31-27+,39-28+. The van der Waals surface area contributed by atoms with Gasteiger partial charge in [-0.3, -0.25) is 0 Å². The van der Waals surface area contributed by atoms with E-state index < -0.39 is 9.84 Å². The maximum Gasteiger partial charge on any atom is 0.210 e. The molecule has 4 nitrogen and oxygen atoms in total. The Bertz CT molecular complexity index is 2470. The lowest BCUT2D eigenvalue weighted by atomic mass is 9.79. The number of benzene rings is 5. The molecule has 2 aliphatic heterocycles. The zero-order valence-corrected chi connectivity index (χ0v) is 33.1. The van der Waals surface area contributed by atoms with Crippen LogP contribution in [0.15, 0.2) is 142 Å². The van der Waals surface area contributed by atoms with Crippen LogP contribution in [0.5, 0.6) is 0 Å². The summed E-state index contributed by atoms with van der Waals surface area (Å²) in [6.45, 7) is 11.1. The van der Waals surface area contributed by atoms with Crippen LogP contribution in [0, 0.1) is 5.92 Å². The summed E-state index contributed by atoms with van der Waals surface area (Å²) in [5.41, 5.74) is 8.55. The molecule has 0 bridgehead atoms. The van der Waals surface area contributed by atoms with Crippen molar-refractivity contribution >= 4 is 48.5 Å². The van der Waals surface area contributed by atoms with Gasteiger partial charge in [0.05, 0.1) is 15.2 Å². The quantitative estimate of drug-likeness (QED) is 0.120. The highest BCUT2D eigenvalue weighted by atomic mass is 32.2. The number of hydrogen-bond donors (Lipinski definition) is 0. The van der Waals surface area contributed by atoms with Crippen LogP contribution in [0.1, 0.15) is 83.8 Å². The van der Waals surface area contributed by atoms with Gasteiger partial charge in [0.25, 0.3) is 0 Å². The van der Waals surface area contributed by atoms with Gasteiger partial charge in [-0.1, -0.05) is 112 Å². The van der Waals surface area contributed by atoms with Crippen molar-refractivity contribution in [3.8, 4) is 0 Å². The maximum absolute atomic E-state index is 14.7. The van der Waals surface area contributed by atoms with E-state index in [9.17, 15) is 8.42 Å². The Kier molecular flexibility index (Phi) is 9.95. The van der Waals surface area contributed by atoms with Crippen molar-refractivity contribution in [1.82, 2.24) is 0 Å². The van der Waals surface area contributed by atoms with E-state index in [0.717, 1.165) is 63.6 Å². The molecular formula is C49H53N2O2S+. The fourth-order valence-electron chi connectivity index (χ4n) is 9.36. The fraction of sp³-hybridized carbons (Fsp3) is 0.327. The minimum atomic E-state index is -3.71. The first-order chi connectivity index (χ1) is 26.2. The van der Waals surface area contributed by atoms with Crippen molar-refractivity contribution in [3.63, 3.8) is 0 Å². The lowest BCUT2D eigenvalue weighted by Crippen LogP contribution is -2.28. The van der Waals surface area contributed by atoms with Crippen molar-refractivity contribution in [2.24, 2.45) is 5.92 Å². The molecule has 54 heavy (non-hydrogen) atoms. The van der Waals surface area contributed by atoms with Crippen LogP contribution in [0.4, 0.5) is 11.4 Å². The molecule has 0 N–H and O–H groups in total. The molecule has 0 spiro atoms. The Labute approximate surface area is 322 Å². The molecule has 5 heteroatoms. The summed E-state index contributed by atoms with van der Waals surface area (Å²) in [5.74, 6) is -0.0882. The molecule has 0 amide bonds. The lowest BCUT2D eigenvalue weighted by molar-refractivity contribution is -0.438. The number of rotatable bonds is 12. The monoisotopic (exact) mass is 733 g/mol. The Balaban J connectivity index is 1.19. The van der Waals surface area contributed by atoms with Gasteiger partial charge < -0.3 is 4.90 Å². The molecule has 5 aromatic rings. The second-order valence-electron chi connectivity index (χ2n) is 15.9. The van der Waals surface area contributed by atoms with Crippen molar-refractivity contribution in [2.75, 3.05) is 18.0 Å². The molecule has 1 unspecified atom stereocenters. The molecule has 8 rings (SSSR count). The normalized spacial score (nSPS) is 18.9. The minimum Gasteiger partial charge on any atom is -0.345 e. The molecule has 2 heterocycles. The van der Waals surface area contributed by atoms with Crippen LogP contribution < -0.4 is 4.90 Å². The predicted octanol–water partition coefficient (Wildman–Crippen LogP) is 12.0. The largest absolute Gasteiger partial charge is 0.345 e. The minimum absolute atomic E-state index is 0.0882. The van der Waals surface area contributed by atoms with E-state index >= 15 is 0 Å². The van der Waals surface area contributed by atoms with E-state index in [1.807, 2.05) is 18.2 Å². The van der Waals surface area contributed by atoms with E-state index in [2.05, 4.69) is 128 Å². The molecule has 0 fully saturated rings. The molecule has 1 aliphatic carbocycles. The number of nitrogens with zero attached hydrogens (tertiary/aromatic N) is 2. The Hall–Kier alpha value is -4.74. The van der Waals surface area contributed by atoms with E-state index in [1.165, 1.54) is 55.5 Å². The number of unbranched alkanes of at least 4 members (excludes halogenated alkanes) is 2. The van der Waals surface area contributed by atoms with Crippen molar-refractivity contribution in [1.29, 1.82) is 0 Å².